The van der Waals surface area contributed by atoms with E-state index in [1.165, 1.54) is 49.8 Å². The van der Waals surface area contributed by atoms with E-state index in [1.54, 1.807) is 6.07 Å². The zero-order valence-corrected chi connectivity index (χ0v) is 12.8. The largest absolute Gasteiger partial charge is 0.491 e. The fourth-order valence-electron chi connectivity index (χ4n) is 2.15. The monoisotopic (exact) mass is 298 g/mol. The Labute approximate surface area is 120 Å². The molecule has 0 aromatic heterocycles. The minimum Gasteiger partial charge on any atom is -0.491 e. The molecule has 0 atom stereocenters. The molecule has 1 saturated carbocycles. The van der Waals surface area contributed by atoms with Gasteiger partial charge in [0, 0.05) is 14.1 Å². The number of ether oxygens (including phenoxy) is 1. The first-order valence-corrected chi connectivity index (χ1v) is 8.30. The summed E-state index contributed by atoms with van der Waals surface area (Å²) in [6.45, 7) is 0.634. The molecule has 0 amide bonds. The van der Waals surface area contributed by atoms with Gasteiger partial charge in [-0.2, -0.15) is 0 Å². The van der Waals surface area contributed by atoms with Gasteiger partial charge in [0.25, 0.3) is 0 Å². The summed E-state index contributed by atoms with van der Waals surface area (Å²) in [6, 6.07) is 4.62. The third-order valence-corrected chi connectivity index (χ3v) is 5.58. The molecule has 1 aromatic rings. The molecule has 0 spiro atoms. The number of nitrogen functional groups attached to an aromatic ring is 1. The van der Waals surface area contributed by atoms with Crippen LogP contribution in [0.3, 0.4) is 0 Å². The second kappa shape index (κ2) is 6.01. The van der Waals surface area contributed by atoms with Gasteiger partial charge in [-0.3, -0.25) is 0 Å². The fraction of sp³-hybridized carbons (Fsp3) is 0.571. The van der Waals surface area contributed by atoms with Crippen molar-refractivity contribution in [2.45, 2.75) is 30.6 Å². The van der Waals surface area contributed by atoms with Gasteiger partial charge in [0.05, 0.1) is 17.2 Å². The Morgan fingerprint density at radius 1 is 1.35 bits per heavy atom. The topological polar surface area (TPSA) is 72.6 Å². The lowest BCUT2D eigenvalue weighted by molar-refractivity contribution is 0.222. The highest BCUT2D eigenvalue weighted by Gasteiger charge is 2.19. The molecule has 2 rings (SSSR count). The highest BCUT2D eigenvalue weighted by atomic mass is 32.2. The van der Waals surface area contributed by atoms with Crippen molar-refractivity contribution in [1.82, 2.24) is 4.31 Å². The molecule has 1 aromatic carbocycles. The van der Waals surface area contributed by atoms with Crippen molar-refractivity contribution < 1.29 is 13.2 Å². The van der Waals surface area contributed by atoms with Crippen molar-refractivity contribution >= 4 is 15.7 Å². The standard InChI is InChI=1S/C14H22N2O3S/c1-16(2)20(17,18)12-6-7-14(13(15)10-12)19-9-8-11-4-3-5-11/h6-7,10-11H,3-5,8-9,15H2,1-2H3. The first-order valence-electron chi connectivity index (χ1n) is 6.86. The fourth-order valence-corrected chi connectivity index (χ4v) is 3.08. The molecule has 5 nitrogen and oxygen atoms in total. The van der Waals surface area contributed by atoms with Crippen molar-refractivity contribution in [3.63, 3.8) is 0 Å². The molecule has 2 N–H and O–H groups in total. The van der Waals surface area contributed by atoms with Crippen LogP contribution < -0.4 is 10.5 Å². The molecule has 0 aliphatic heterocycles. The number of benzene rings is 1. The number of anilines is 1. The predicted octanol–water partition coefficient (Wildman–Crippen LogP) is 2.09. The van der Waals surface area contributed by atoms with Crippen LogP contribution in [0.4, 0.5) is 5.69 Å². The maximum Gasteiger partial charge on any atom is 0.242 e. The van der Waals surface area contributed by atoms with Crippen LogP contribution in [-0.4, -0.2) is 33.4 Å². The second-order valence-corrected chi connectivity index (χ2v) is 7.57. The molecule has 0 saturated heterocycles. The Morgan fingerprint density at radius 3 is 2.55 bits per heavy atom. The number of rotatable bonds is 6. The molecule has 20 heavy (non-hydrogen) atoms. The molecule has 0 radical (unpaired) electrons. The highest BCUT2D eigenvalue weighted by Crippen LogP contribution is 2.30. The Kier molecular flexibility index (Phi) is 4.55. The normalized spacial score (nSPS) is 16.1. The van der Waals surface area contributed by atoms with E-state index in [-0.39, 0.29) is 4.90 Å². The van der Waals surface area contributed by atoms with E-state index in [4.69, 9.17) is 10.5 Å². The summed E-state index contributed by atoms with van der Waals surface area (Å²) in [5.41, 5.74) is 6.24. The van der Waals surface area contributed by atoms with Gasteiger partial charge in [-0.25, -0.2) is 12.7 Å². The molecule has 1 aliphatic rings. The minimum absolute atomic E-state index is 0.186. The van der Waals surface area contributed by atoms with Gasteiger partial charge >= 0.3 is 0 Å². The molecular formula is C14H22N2O3S. The van der Waals surface area contributed by atoms with E-state index in [9.17, 15) is 8.42 Å². The van der Waals surface area contributed by atoms with Gasteiger partial charge in [-0.05, 0) is 30.5 Å². The van der Waals surface area contributed by atoms with Crippen LogP contribution in [0.1, 0.15) is 25.7 Å². The van der Waals surface area contributed by atoms with E-state index in [0.29, 0.717) is 18.0 Å². The summed E-state index contributed by atoms with van der Waals surface area (Å²) in [5.74, 6) is 1.34. The first kappa shape index (κ1) is 15.1. The van der Waals surface area contributed by atoms with E-state index in [2.05, 4.69) is 0 Å². The Balaban J connectivity index is 2.02. The van der Waals surface area contributed by atoms with Gasteiger partial charge < -0.3 is 10.5 Å². The Morgan fingerprint density at radius 2 is 2.05 bits per heavy atom. The Hall–Kier alpha value is -1.27. The van der Waals surface area contributed by atoms with Crippen LogP contribution in [-0.2, 0) is 10.0 Å². The van der Waals surface area contributed by atoms with Crippen LogP contribution in [0.2, 0.25) is 0 Å². The van der Waals surface area contributed by atoms with Gasteiger partial charge in [0.2, 0.25) is 10.0 Å². The first-order chi connectivity index (χ1) is 9.41. The average Bonchev–Trinajstić information content (AvgIpc) is 2.33. The maximum absolute atomic E-state index is 12.0. The molecule has 1 fully saturated rings. The molecule has 1 aliphatic carbocycles. The molecular weight excluding hydrogens is 276 g/mol. The molecule has 112 valence electrons. The van der Waals surface area contributed by atoms with Gasteiger partial charge in [0.1, 0.15) is 5.75 Å². The van der Waals surface area contributed by atoms with Crippen LogP contribution >= 0.6 is 0 Å². The molecule has 0 unspecified atom stereocenters. The Bertz CT molecular complexity index is 566. The predicted molar refractivity (Wildman–Crippen MR) is 79.2 cm³/mol. The van der Waals surface area contributed by atoms with Crippen molar-refractivity contribution in [3.05, 3.63) is 18.2 Å². The molecule has 0 bridgehead atoms. The van der Waals surface area contributed by atoms with E-state index in [1.807, 2.05) is 0 Å². The van der Waals surface area contributed by atoms with E-state index >= 15 is 0 Å². The highest BCUT2D eigenvalue weighted by molar-refractivity contribution is 7.89. The lowest BCUT2D eigenvalue weighted by atomic mass is 9.83. The van der Waals surface area contributed by atoms with Crippen molar-refractivity contribution in [1.29, 1.82) is 0 Å². The van der Waals surface area contributed by atoms with Crippen LogP contribution in [0.15, 0.2) is 23.1 Å². The van der Waals surface area contributed by atoms with Gasteiger partial charge in [-0.15, -0.1) is 0 Å². The zero-order valence-electron chi connectivity index (χ0n) is 12.0. The molecule has 6 heteroatoms. The minimum atomic E-state index is -3.45. The maximum atomic E-state index is 12.0. The van der Waals surface area contributed by atoms with E-state index in [0.717, 1.165) is 12.3 Å². The number of hydrogen-bond acceptors (Lipinski definition) is 4. The summed E-state index contributed by atoms with van der Waals surface area (Å²) < 4.78 is 30.8. The average molecular weight is 298 g/mol. The second-order valence-electron chi connectivity index (χ2n) is 5.42. The van der Waals surface area contributed by atoms with E-state index < -0.39 is 10.0 Å². The quantitative estimate of drug-likeness (QED) is 0.816. The summed E-state index contributed by atoms with van der Waals surface area (Å²) in [7, 11) is -0.458. The summed E-state index contributed by atoms with van der Waals surface area (Å²) >= 11 is 0. The number of sulfonamides is 1. The van der Waals surface area contributed by atoms with Crippen LogP contribution in [0, 0.1) is 5.92 Å². The number of nitrogens with zero attached hydrogens (tertiary/aromatic N) is 1. The number of nitrogens with two attached hydrogens (primary N) is 1. The third kappa shape index (κ3) is 3.24. The van der Waals surface area contributed by atoms with Gasteiger partial charge in [-0.1, -0.05) is 19.3 Å². The van der Waals surface area contributed by atoms with Crippen molar-refractivity contribution in [2.75, 3.05) is 26.4 Å². The van der Waals surface area contributed by atoms with Crippen LogP contribution in [0.5, 0.6) is 5.75 Å². The summed E-state index contributed by atoms with van der Waals surface area (Å²) in [4.78, 5) is 0.186. The smallest absolute Gasteiger partial charge is 0.242 e. The number of hydrogen-bond donors (Lipinski definition) is 1. The lowest BCUT2D eigenvalue weighted by Gasteiger charge is -2.25. The lowest BCUT2D eigenvalue weighted by Crippen LogP contribution is -2.22. The van der Waals surface area contributed by atoms with Gasteiger partial charge in [0.15, 0.2) is 0 Å². The van der Waals surface area contributed by atoms with Crippen LogP contribution in [0.25, 0.3) is 0 Å². The van der Waals surface area contributed by atoms with Crippen molar-refractivity contribution in [3.8, 4) is 5.75 Å². The summed E-state index contributed by atoms with van der Waals surface area (Å²) in [6.07, 6.45) is 4.94. The SMILES string of the molecule is CN(C)S(=O)(=O)c1ccc(OCCC2CCC2)c(N)c1. The third-order valence-electron chi connectivity index (χ3n) is 3.77. The molecule has 0 heterocycles. The zero-order chi connectivity index (χ0) is 14.8. The van der Waals surface area contributed by atoms with Crippen molar-refractivity contribution in [2.24, 2.45) is 5.92 Å². The summed E-state index contributed by atoms with van der Waals surface area (Å²) in [5, 5.41) is 0.